The van der Waals surface area contributed by atoms with Crippen LogP contribution >= 0.6 is 0 Å². The van der Waals surface area contributed by atoms with Crippen LogP contribution in [0.1, 0.15) is 24.7 Å². The molecule has 1 aromatic heterocycles. The summed E-state index contributed by atoms with van der Waals surface area (Å²) in [6.45, 7) is 6.03. The largest absolute Gasteiger partial charge is 0.384 e. The third kappa shape index (κ3) is 3.01. The standard InChI is InChI=1S/C10H17N3O3/c1-8(14)10-11-9(12-16-10)2-3-13-4-6-15-7-5-13/h8,14H,2-7H2,1H3. The highest BCUT2D eigenvalue weighted by atomic mass is 16.5. The molecule has 1 aromatic rings. The lowest BCUT2D eigenvalue weighted by molar-refractivity contribution is 0.0381. The van der Waals surface area contributed by atoms with Crippen LogP contribution in [0.15, 0.2) is 4.52 Å². The average Bonchev–Trinajstić information content (AvgIpc) is 2.76. The van der Waals surface area contributed by atoms with Gasteiger partial charge >= 0.3 is 0 Å². The van der Waals surface area contributed by atoms with Crippen LogP contribution in [-0.4, -0.2) is 53.0 Å². The summed E-state index contributed by atoms with van der Waals surface area (Å²) in [7, 11) is 0. The van der Waals surface area contributed by atoms with Gasteiger partial charge in [0.1, 0.15) is 6.10 Å². The van der Waals surface area contributed by atoms with Gasteiger partial charge in [0.25, 0.3) is 5.89 Å². The van der Waals surface area contributed by atoms with Gasteiger partial charge in [-0.1, -0.05) is 5.16 Å². The zero-order valence-electron chi connectivity index (χ0n) is 9.43. The first-order chi connectivity index (χ1) is 7.75. The van der Waals surface area contributed by atoms with Crippen LogP contribution in [0, 0.1) is 0 Å². The van der Waals surface area contributed by atoms with E-state index in [1.807, 2.05) is 0 Å². The minimum absolute atomic E-state index is 0.289. The van der Waals surface area contributed by atoms with E-state index in [4.69, 9.17) is 9.26 Å². The topological polar surface area (TPSA) is 71.6 Å². The molecule has 0 radical (unpaired) electrons. The van der Waals surface area contributed by atoms with Crippen molar-refractivity contribution in [3.05, 3.63) is 11.7 Å². The lowest BCUT2D eigenvalue weighted by Gasteiger charge is -2.25. The van der Waals surface area contributed by atoms with Crippen molar-refractivity contribution in [1.82, 2.24) is 15.0 Å². The van der Waals surface area contributed by atoms with Gasteiger partial charge in [-0.15, -0.1) is 0 Å². The summed E-state index contributed by atoms with van der Waals surface area (Å²) in [6.07, 6.45) is 0.0561. The lowest BCUT2D eigenvalue weighted by Crippen LogP contribution is -2.37. The van der Waals surface area contributed by atoms with E-state index in [1.165, 1.54) is 0 Å². The van der Waals surface area contributed by atoms with Gasteiger partial charge in [-0.3, -0.25) is 4.90 Å². The molecule has 2 rings (SSSR count). The van der Waals surface area contributed by atoms with Gasteiger partial charge in [0.15, 0.2) is 5.82 Å². The molecule has 6 nitrogen and oxygen atoms in total. The molecule has 1 aliphatic heterocycles. The van der Waals surface area contributed by atoms with Crippen molar-refractivity contribution in [3.63, 3.8) is 0 Å². The van der Waals surface area contributed by atoms with E-state index in [9.17, 15) is 5.11 Å². The van der Waals surface area contributed by atoms with Gasteiger partial charge in [-0.2, -0.15) is 4.98 Å². The number of ether oxygens (including phenoxy) is 1. The van der Waals surface area contributed by atoms with Crippen molar-refractivity contribution in [2.45, 2.75) is 19.4 Å². The van der Waals surface area contributed by atoms with Gasteiger partial charge in [0.05, 0.1) is 13.2 Å². The summed E-state index contributed by atoms with van der Waals surface area (Å²) in [6, 6.07) is 0. The normalized spacial score (nSPS) is 19.9. The highest BCUT2D eigenvalue weighted by Gasteiger charge is 2.14. The average molecular weight is 227 g/mol. The monoisotopic (exact) mass is 227 g/mol. The molecule has 90 valence electrons. The molecule has 1 aliphatic rings. The summed E-state index contributed by atoms with van der Waals surface area (Å²) in [4.78, 5) is 6.42. The molecule has 2 heterocycles. The van der Waals surface area contributed by atoms with Gasteiger partial charge in [0, 0.05) is 26.1 Å². The fraction of sp³-hybridized carbons (Fsp3) is 0.800. The van der Waals surface area contributed by atoms with Crippen molar-refractivity contribution in [1.29, 1.82) is 0 Å². The Morgan fingerprint density at radius 2 is 2.19 bits per heavy atom. The fourth-order valence-electron chi connectivity index (χ4n) is 1.62. The maximum atomic E-state index is 9.23. The Morgan fingerprint density at radius 3 is 2.81 bits per heavy atom. The Balaban J connectivity index is 1.79. The summed E-state index contributed by atoms with van der Waals surface area (Å²) >= 11 is 0. The molecule has 0 spiro atoms. The number of morpholine rings is 1. The molecule has 6 heteroatoms. The predicted octanol–water partition coefficient (Wildman–Crippen LogP) is -0.00240. The zero-order chi connectivity index (χ0) is 11.4. The molecule has 1 fully saturated rings. The lowest BCUT2D eigenvalue weighted by atomic mass is 10.3. The predicted molar refractivity (Wildman–Crippen MR) is 55.9 cm³/mol. The van der Waals surface area contributed by atoms with Gasteiger partial charge in [0.2, 0.25) is 0 Å². The zero-order valence-corrected chi connectivity index (χ0v) is 9.43. The summed E-state index contributed by atoms with van der Waals surface area (Å²) < 4.78 is 10.2. The van der Waals surface area contributed by atoms with E-state index < -0.39 is 6.10 Å². The molecule has 1 saturated heterocycles. The van der Waals surface area contributed by atoms with Crippen LogP contribution in [-0.2, 0) is 11.2 Å². The molecule has 0 aromatic carbocycles. The molecule has 1 atom stereocenters. The minimum atomic E-state index is -0.690. The third-order valence-corrected chi connectivity index (χ3v) is 2.60. The first-order valence-corrected chi connectivity index (χ1v) is 5.56. The third-order valence-electron chi connectivity index (χ3n) is 2.60. The van der Waals surface area contributed by atoms with E-state index in [-0.39, 0.29) is 5.89 Å². The molecular weight excluding hydrogens is 210 g/mol. The second kappa shape index (κ2) is 5.38. The van der Waals surface area contributed by atoms with E-state index in [1.54, 1.807) is 6.92 Å². The minimum Gasteiger partial charge on any atom is -0.384 e. The maximum Gasteiger partial charge on any atom is 0.255 e. The smallest absolute Gasteiger partial charge is 0.255 e. The Bertz CT molecular complexity index is 321. The van der Waals surface area contributed by atoms with Gasteiger partial charge < -0.3 is 14.4 Å². The molecule has 16 heavy (non-hydrogen) atoms. The Hall–Kier alpha value is -0.980. The maximum absolute atomic E-state index is 9.23. The Morgan fingerprint density at radius 1 is 1.44 bits per heavy atom. The number of aliphatic hydroxyl groups is 1. The van der Waals surface area contributed by atoms with Crippen molar-refractivity contribution in [2.24, 2.45) is 0 Å². The Kier molecular flexibility index (Phi) is 3.87. The van der Waals surface area contributed by atoms with E-state index in [2.05, 4.69) is 15.0 Å². The van der Waals surface area contributed by atoms with Crippen molar-refractivity contribution in [2.75, 3.05) is 32.8 Å². The van der Waals surface area contributed by atoms with E-state index in [0.29, 0.717) is 5.82 Å². The van der Waals surface area contributed by atoms with Crippen LogP contribution in [0.5, 0.6) is 0 Å². The molecule has 0 bridgehead atoms. The Labute approximate surface area is 94.2 Å². The fourth-order valence-corrected chi connectivity index (χ4v) is 1.62. The van der Waals surface area contributed by atoms with E-state index >= 15 is 0 Å². The number of hydrogen-bond acceptors (Lipinski definition) is 6. The van der Waals surface area contributed by atoms with Crippen LogP contribution in [0.25, 0.3) is 0 Å². The number of hydrogen-bond donors (Lipinski definition) is 1. The molecule has 0 amide bonds. The quantitative estimate of drug-likeness (QED) is 0.780. The first kappa shape index (κ1) is 11.5. The van der Waals surface area contributed by atoms with Crippen LogP contribution < -0.4 is 0 Å². The van der Waals surface area contributed by atoms with Crippen LogP contribution in [0.3, 0.4) is 0 Å². The van der Waals surface area contributed by atoms with Crippen molar-refractivity contribution < 1.29 is 14.4 Å². The molecule has 0 saturated carbocycles. The highest BCUT2D eigenvalue weighted by molar-refractivity contribution is 4.89. The second-order valence-electron chi connectivity index (χ2n) is 3.93. The van der Waals surface area contributed by atoms with Gasteiger partial charge in [-0.25, -0.2) is 0 Å². The van der Waals surface area contributed by atoms with Crippen LogP contribution in [0.2, 0.25) is 0 Å². The molecule has 1 unspecified atom stereocenters. The SMILES string of the molecule is CC(O)c1nc(CCN2CCOCC2)no1. The summed E-state index contributed by atoms with van der Waals surface area (Å²) in [5, 5.41) is 13.0. The summed E-state index contributed by atoms with van der Waals surface area (Å²) in [5.74, 6) is 0.944. The first-order valence-electron chi connectivity index (χ1n) is 5.56. The van der Waals surface area contributed by atoms with E-state index in [0.717, 1.165) is 39.3 Å². The second-order valence-corrected chi connectivity index (χ2v) is 3.93. The number of rotatable bonds is 4. The molecule has 1 N–H and O–H groups in total. The summed E-state index contributed by atoms with van der Waals surface area (Å²) in [5.41, 5.74) is 0. The van der Waals surface area contributed by atoms with Crippen LogP contribution in [0.4, 0.5) is 0 Å². The van der Waals surface area contributed by atoms with Crippen molar-refractivity contribution in [3.8, 4) is 0 Å². The molecular formula is C10H17N3O3. The van der Waals surface area contributed by atoms with Gasteiger partial charge in [-0.05, 0) is 6.92 Å². The number of nitrogens with zero attached hydrogens (tertiary/aromatic N) is 3. The number of aliphatic hydroxyl groups excluding tert-OH is 1. The number of aromatic nitrogens is 2. The highest BCUT2D eigenvalue weighted by Crippen LogP contribution is 2.09. The van der Waals surface area contributed by atoms with Crippen molar-refractivity contribution >= 4 is 0 Å². The molecule has 0 aliphatic carbocycles.